The summed E-state index contributed by atoms with van der Waals surface area (Å²) < 4.78 is 0. The van der Waals surface area contributed by atoms with Gasteiger partial charge in [-0.1, -0.05) is 6.07 Å². The predicted molar refractivity (Wildman–Crippen MR) is 60.8 cm³/mol. The van der Waals surface area contributed by atoms with Crippen LogP contribution in [-0.4, -0.2) is 29.4 Å². The lowest BCUT2D eigenvalue weighted by Crippen LogP contribution is -2.24. The molecule has 16 heavy (non-hydrogen) atoms. The molecule has 2 atom stereocenters. The Morgan fingerprint density at radius 1 is 1.56 bits per heavy atom. The van der Waals surface area contributed by atoms with Gasteiger partial charge < -0.3 is 10.4 Å². The summed E-state index contributed by atoms with van der Waals surface area (Å²) in [4.78, 5) is 23.3. The minimum absolute atomic E-state index is 0.00991. The number of thiophene rings is 1. The fourth-order valence-electron chi connectivity index (χ4n) is 1.92. The van der Waals surface area contributed by atoms with Gasteiger partial charge in [0.1, 0.15) is 0 Å². The summed E-state index contributed by atoms with van der Waals surface area (Å²) in [7, 11) is 0. The Labute approximate surface area is 97.3 Å². The number of carboxylic acids is 1. The van der Waals surface area contributed by atoms with Crippen LogP contribution in [0.5, 0.6) is 0 Å². The van der Waals surface area contributed by atoms with Crippen molar-refractivity contribution in [2.24, 2.45) is 5.92 Å². The first-order valence-electron chi connectivity index (χ1n) is 5.19. The van der Waals surface area contributed by atoms with Gasteiger partial charge in [-0.25, -0.2) is 0 Å². The van der Waals surface area contributed by atoms with Crippen LogP contribution < -0.4 is 5.32 Å². The van der Waals surface area contributed by atoms with Crippen LogP contribution in [0.3, 0.4) is 0 Å². The highest BCUT2D eigenvalue weighted by atomic mass is 32.1. The lowest BCUT2D eigenvalue weighted by Gasteiger charge is -2.07. The number of ketones is 1. The maximum atomic E-state index is 11.8. The van der Waals surface area contributed by atoms with Crippen molar-refractivity contribution in [3.63, 3.8) is 0 Å². The Bertz CT molecular complexity index is 388. The molecule has 5 heteroatoms. The third-order valence-electron chi connectivity index (χ3n) is 2.80. The highest BCUT2D eigenvalue weighted by molar-refractivity contribution is 7.12. The second-order valence-corrected chi connectivity index (χ2v) is 4.93. The SMILES string of the molecule is O=C(CC1CC(C(=O)O)CN1)c1cccs1. The average molecular weight is 239 g/mol. The highest BCUT2D eigenvalue weighted by Crippen LogP contribution is 2.20. The molecule has 1 saturated heterocycles. The third kappa shape index (κ3) is 2.48. The monoisotopic (exact) mass is 239 g/mol. The summed E-state index contributed by atoms with van der Waals surface area (Å²) in [5.74, 6) is -1.03. The molecule has 0 amide bonds. The summed E-state index contributed by atoms with van der Waals surface area (Å²) >= 11 is 1.43. The van der Waals surface area contributed by atoms with Gasteiger partial charge in [0.2, 0.25) is 0 Å². The molecular weight excluding hydrogens is 226 g/mol. The van der Waals surface area contributed by atoms with Crippen LogP contribution in [0.1, 0.15) is 22.5 Å². The molecule has 2 rings (SSSR count). The molecule has 2 unspecified atom stereocenters. The molecule has 0 radical (unpaired) electrons. The van der Waals surface area contributed by atoms with Crippen molar-refractivity contribution in [2.75, 3.05) is 6.54 Å². The first kappa shape index (κ1) is 11.3. The van der Waals surface area contributed by atoms with Crippen LogP contribution in [0.2, 0.25) is 0 Å². The third-order valence-corrected chi connectivity index (χ3v) is 3.71. The molecule has 2 N–H and O–H groups in total. The van der Waals surface area contributed by atoms with E-state index in [9.17, 15) is 9.59 Å². The highest BCUT2D eigenvalue weighted by Gasteiger charge is 2.30. The van der Waals surface area contributed by atoms with Crippen LogP contribution in [0.4, 0.5) is 0 Å². The van der Waals surface area contributed by atoms with Crippen molar-refractivity contribution in [3.8, 4) is 0 Å². The normalized spacial score (nSPS) is 24.5. The van der Waals surface area contributed by atoms with E-state index in [4.69, 9.17) is 5.11 Å². The van der Waals surface area contributed by atoms with Gasteiger partial charge in [-0.05, 0) is 17.9 Å². The molecule has 1 aliphatic heterocycles. The molecule has 0 bridgehead atoms. The standard InChI is InChI=1S/C11H13NO3S/c13-9(10-2-1-3-16-10)5-8-4-7(6-12-8)11(14)15/h1-3,7-8,12H,4-6H2,(H,14,15). The molecule has 1 fully saturated rings. The zero-order chi connectivity index (χ0) is 11.5. The van der Waals surface area contributed by atoms with E-state index >= 15 is 0 Å². The molecule has 0 aliphatic carbocycles. The molecule has 0 aromatic carbocycles. The van der Waals surface area contributed by atoms with Crippen molar-refractivity contribution in [1.82, 2.24) is 5.32 Å². The Kier molecular flexibility index (Phi) is 3.36. The fourth-order valence-corrected chi connectivity index (χ4v) is 2.60. The second-order valence-electron chi connectivity index (χ2n) is 3.98. The quantitative estimate of drug-likeness (QED) is 0.779. The number of carbonyl (C=O) groups excluding carboxylic acids is 1. The molecule has 2 heterocycles. The van der Waals surface area contributed by atoms with Gasteiger partial charge in [0.15, 0.2) is 5.78 Å². The molecule has 0 spiro atoms. The summed E-state index contributed by atoms with van der Waals surface area (Å²) in [6.07, 6.45) is 0.941. The Morgan fingerprint density at radius 2 is 2.38 bits per heavy atom. The summed E-state index contributed by atoms with van der Waals surface area (Å²) in [6, 6.07) is 3.66. The summed E-state index contributed by atoms with van der Waals surface area (Å²) in [5.41, 5.74) is 0. The van der Waals surface area contributed by atoms with E-state index in [1.54, 1.807) is 6.07 Å². The van der Waals surface area contributed by atoms with Crippen molar-refractivity contribution in [2.45, 2.75) is 18.9 Å². The summed E-state index contributed by atoms with van der Waals surface area (Å²) in [6.45, 7) is 0.470. The van der Waals surface area contributed by atoms with E-state index in [-0.39, 0.29) is 17.7 Å². The van der Waals surface area contributed by atoms with Crippen LogP contribution >= 0.6 is 11.3 Å². The molecule has 1 aromatic heterocycles. The number of Topliss-reactive ketones (excluding diaryl/α,β-unsaturated/α-hetero) is 1. The lowest BCUT2D eigenvalue weighted by atomic mass is 10.0. The number of rotatable bonds is 4. The van der Waals surface area contributed by atoms with Gasteiger partial charge in [-0.2, -0.15) is 0 Å². The predicted octanol–water partition coefficient (Wildman–Crippen LogP) is 1.38. The van der Waals surface area contributed by atoms with Crippen molar-refractivity contribution >= 4 is 23.1 Å². The van der Waals surface area contributed by atoms with E-state index in [2.05, 4.69) is 5.32 Å². The maximum absolute atomic E-state index is 11.8. The van der Waals surface area contributed by atoms with Gasteiger partial charge in [0, 0.05) is 19.0 Å². The van der Waals surface area contributed by atoms with Crippen LogP contribution in [-0.2, 0) is 4.79 Å². The van der Waals surface area contributed by atoms with Crippen molar-refractivity contribution in [3.05, 3.63) is 22.4 Å². The van der Waals surface area contributed by atoms with Gasteiger partial charge in [-0.15, -0.1) is 11.3 Å². The van der Waals surface area contributed by atoms with E-state index in [1.165, 1.54) is 11.3 Å². The van der Waals surface area contributed by atoms with Crippen molar-refractivity contribution < 1.29 is 14.7 Å². The number of aliphatic carboxylic acids is 1. The second kappa shape index (κ2) is 4.76. The maximum Gasteiger partial charge on any atom is 0.307 e. The molecule has 1 aromatic rings. The molecule has 86 valence electrons. The summed E-state index contributed by atoms with van der Waals surface area (Å²) in [5, 5.41) is 13.8. The Balaban J connectivity index is 1.88. The first-order chi connectivity index (χ1) is 7.66. The van der Waals surface area contributed by atoms with Crippen molar-refractivity contribution in [1.29, 1.82) is 0 Å². The Morgan fingerprint density at radius 3 is 2.94 bits per heavy atom. The smallest absolute Gasteiger partial charge is 0.307 e. The Hall–Kier alpha value is -1.20. The van der Waals surface area contributed by atoms with Gasteiger partial charge in [0.05, 0.1) is 10.8 Å². The van der Waals surface area contributed by atoms with E-state index < -0.39 is 5.97 Å². The zero-order valence-corrected chi connectivity index (χ0v) is 9.50. The van der Waals surface area contributed by atoms with E-state index in [0.29, 0.717) is 19.4 Å². The van der Waals surface area contributed by atoms with Crippen LogP contribution in [0.15, 0.2) is 17.5 Å². The minimum atomic E-state index is -0.779. The molecule has 4 nitrogen and oxygen atoms in total. The number of carbonyl (C=O) groups is 2. The van der Waals surface area contributed by atoms with Gasteiger partial charge in [-0.3, -0.25) is 9.59 Å². The first-order valence-corrected chi connectivity index (χ1v) is 6.07. The lowest BCUT2D eigenvalue weighted by molar-refractivity contribution is -0.141. The van der Waals surface area contributed by atoms with E-state index in [0.717, 1.165) is 4.88 Å². The van der Waals surface area contributed by atoms with Crippen LogP contribution in [0.25, 0.3) is 0 Å². The average Bonchev–Trinajstić information content (AvgIpc) is 2.87. The van der Waals surface area contributed by atoms with Gasteiger partial charge in [0.25, 0.3) is 0 Å². The number of nitrogens with one attached hydrogen (secondary N) is 1. The number of hydrogen-bond acceptors (Lipinski definition) is 4. The molecule has 1 aliphatic rings. The fraction of sp³-hybridized carbons (Fsp3) is 0.455. The van der Waals surface area contributed by atoms with Gasteiger partial charge >= 0.3 is 5.97 Å². The topological polar surface area (TPSA) is 66.4 Å². The zero-order valence-electron chi connectivity index (χ0n) is 8.68. The minimum Gasteiger partial charge on any atom is -0.481 e. The van der Waals surface area contributed by atoms with E-state index in [1.807, 2.05) is 11.4 Å². The largest absolute Gasteiger partial charge is 0.481 e. The number of carboxylic acid groups (broad SMARTS) is 1. The molecular formula is C11H13NO3S. The van der Waals surface area contributed by atoms with Crippen LogP contribution in [0, 0.1) is 5.92 Å². The molecule has 0 saturated carbocycles. The number of hydrogen-bond donors (Lipinski definition) is 2.